The lowest BCUT2D eigenvalue weighted by Crippen LogP contribution is -2.06. The molecule has 0 saturated carbocycles. The standard InChI is InChI=1S/C10H22NO3P/c1-4-7-8-11-9-10-15(12,13-5-2)14-6-3/h9-11H,4-8H2,1-3H3/b10-9+. The zero-order valence-electron chi connectivity index (χ0n) is 9.86. The van der Waals surface area contributed by atoms with Crippen molar-refractivity contribution < 1.29 is 13.6 Å². The van der Waals surface area contributed by atoms with Crippen molar-refractivity contribution in [3.05, 3.63) is 12.0 Å². The van der Waals surface area contributed by atoms with E-state index in [2.05, 4.69) is 12.2 Å². The van der Waals surface area contributed by atoms with Gasteiger partial charge in [-0.15, -0.1) is 0 Å². The minimum atomic E-state index is -3.01. The highest BCUT2D eigenvalue weighted by Gasteiger charge is 2.18. The van der Waals surface area contributed by atoms with E-state index in [0.29, 0.717) is 13.2 Å². The van der Waals surface area contributed by atoms with Gasteiger partial charge in [0.25, 0.3) is 0 Å². The molecule has 0 heterocycles. The van der Waals surface area contributed by atoms with Crippen molar-refractivity contribution in [2.75, 3.05) is 19.8 Å². The van der Waals surface area contributed by atoms with Gasteiger partial charge in [0.15, 0.2) is 0 Å². The van der Waals surface area contributed by atoms with Crippen LogP contribution in [-0.4, -0.2) is 19.8 Å². The molecular weight excluding hydrogens is 213 g/mol. The summed E-state index contributed by atoms with van der Waals surface area (Å²) in [5.74, 6) is 1.48. The van der Waals surface area contributed by atoms with E-state index in [4.69, 9.17) is 9.05 Å². The molecule has 0 bridgehead atoms. The summed E-state index contributed by atoms with van der Waals surface area (Å²) < 4.78 is 22.0. The molecule has 0 spiro atoms. The molecule has 1 N–H and O–H groups in total. The highest BCUT2D eigenvalue weighted by molar-refractivity contribution is 7.57. The molecule has 4 nitrogen and oxygen atoms in total. The van der Waals surface area contributed by atoms with Crippen LogP contribution in [0.1, 0.15) is 33.6 Å². The maximum atomic E-state index is 11.9. The second-order valence-corrected chi connectivity index (χ2v) is 4.89. The quantitative estimate of drug-likeness (QED) is 0.492. The first-order valence-electron chi connectivity index (χ1n) is 5.48. The summed E-state index contributed by atoms with van der Waals surface area (Å²) in [7, 11) is -3.01. The van der Waals surface area contributed by atoms with Crippen molar-refractivity contribution in [1.29, 1.82) is 0 Å². The fourth-order valence-electron chi connectivity index (χ4n) is 0.989. The Morgan fingerprint density at radius 1 is 1.20 bits per heavy atom. The summed E-state index contributed by atoms with van der Waals surface area (Å²) in [6.45, 7) is 7.36. The number of unbranched alkanes of at least 4 members (excludes halogenated alkanes) is 1. The van der Waals surface area contributed by atoms with Crippen LogP contribution in [0.4, 0.5) is 0 Å². The average molecular weight is 235 g/mol. The van der Waals surface area contributed by atoms with Gasteiger partial charge < -0.3 is 14.4 Å². The van der Waals surface area contributed by atoms with Crippen molar-refractivity contribution in [3.63, 3.8) is 0 Å². The lowest BCUT2D eigenvalue weighted by molar-refractivity contribution is 0.229. The van der Waals surface area contributed by atoms with Crippen LogP contribution in [0.5, 0.6) is 0 Å². The predicted molar refractivity (Wildman–Crippen MR) is 62.9 cm³/mol. The van der Waals surface area contributed by atoms with E-state index in [1.54, 1.807) is 20.0 Å². The van der Waals surface area contributed by atoms with E-state index in [1.807, 2.05) is 0 Å². The van der Waals surface area contributed by atoms with Crippen LogP contribution >= 0.6 is 7.60 Å². The number of nitrogens with one attached hydrogen (secondary N) is 1. The number of rotatable bonds is 9. The van der Waals surface area contributed by atoms with E-state index in [0.717, 1.165) is 19.4 Å². The molecule has 0 aliphatic rings. The maximum absolute atomic E-state index is 11.9. The fraction of sp³-hybridized carbons (Fsp3) is 0.800. The largest absolute Gasteiger partial charge is 0.391 e. The van der Waals surface area contributed by atoms with Gasteiger partial charge in [-0.05, 0) is 20.3 Å². The molecule has 0 amide bonds. The summed E-state index contributed by atoms with van der Waals surface area (Å²) in [5.41, 5.74) is 0. The van der Waals surface area contributed by atoms with E-state index in [9.17, 15) is 4.57 Å². The Hall–Kier alpha value is -0.310. The van der Waals surface area contributed by atoms with E-state index < -0.39 is 7.60 Å². The highest BCUT2D eigenvalue weighted by atomic mass is 31.2. The van der Waals surface area contributed by atoms with Crippen LogP contribution in [-0.2, 0) is 13.6 Å². The van der Waals surface area contributed by atoms with Crippen LogP contribution in [0.2, 0.25) is 0 Å². The van der Waals surface area contributed by atoms with Gasteiger partial charge in [0, 0.05) is 18.6 Å². The van der Waals surface area contributed by atoms with Gasteiger partial charge in [0.2, 0.25) is 0 Å². The molecule has 5 heteroatoms. The van der Waals surface area contributed by atoms with E-state index in [1.165, 1.54) is 5.82 Å². The molecule has 15 heavy (non-hydrogen) atoms. The SMILES string of the molecule is CCCCN/C=C/P(=O)(OCC)OCC. The second kappa shape index (κ2) is 8.96. The molecule has 0 atom stereocenters. The third-order valence-corrected chi connectivity index (χ3v) is 3.42. The molecule has 0 saturated heterocycles. The summed E-state index contributed by atoms with van der Waals surface area (Å²) in [6, 6.07) is 0. The van der Waals surface area contributed by atoms with Crippen LogP contribution < -0.4 is 5.32 Å². The summed E-state index contributed by atoms with van der Waals surface area (Å²) in [5, 5.41) is 3.05. The highest BCUT2D eigenvalue weighted by Crippen LogP contribution is 2.49. The Labute approximate surface area is 92.6 Å². The van der Waals surface area contributed by atoms with Gasteiger partial charge in [0.1, 0.15) is 0 Å². The molecular formula is C10H22NO3P. The Kier molecular flexibility index (Phi) is 8.77. The van der Waals surface area contributed by atoms with E-state index in [-0.39, 0.29) is 0 Å². The molecule has 0 radical (unpaired) electrons. The normalized spacial score (nSPS) is 12.2. The van der Waals surface area contributed by atoms with Gasteiger partial charge in [-0.3, -0.25) is 4.57 Å². The van der Waals surface area contributed by atoms with Gasteiger partial charge in [-0.2, -0.15) is 0 Å². The third kappa shape index (κ3) is 7.60. The second-order valence-electron chi connectivity index (χ2n) is 3.00. The minimum Gasteiger partial charge on any atom is -0.391 e. The Morgan fingerprint density at radius 3 is 2.27 bits per heavy atom. The van der Waals surface area contributed by atoms with Crippen molar-refractivity contribution in [3.8, 4) is 0 Å². The van der Waals surface area contributed by atoms with Gasteiger partial charge in [-0.25, -0.2) is 0 Å². The summed E-state index contributed by atoms with van der Waals surface area (Å²) in [4.78, 5) is 0. The minimum absolute atomic E-state index is 0.385. The maximum Gasteiger partial charge on any atom is 0.355 e. The first-order valence-corrected chi connectivity index (χ1v) is 7.09. The molecule has 0 aromatic rings. The molecule has 0 fully saturated rings. The average Bonchev–Trinajstić information content (AvgIpc) is 2.18. The molecule has 0 unspecified atom stereocenters. The van der Waals surface area contributed by atoms with Crippen molar-refractivity contribution in [2.45, 2.75) is 33.6 Å². The zero-order chi connectivity index (χ0) is 11.6. The Bertz CT molecular complexity index is 209. The summed E-state index contributed by atoms with van der Waals surface area (Å²) >= 11 is 0. The van der Waals surface area contributed by atoms with Crippen LogP contribution in [0.15, 0.2) is 12.0 Å². The molecule has 0 aromatic heterocycles. The first kappa shape index (κ1) is 14.7. The fourth-order valence-corrected chi connectivity index (χ4v) is 2.24. The predicted octanol–water partition coefficient (Wildman–Crippen LogP) is 3.11. The number of hydrogen-bond acceptors (Lipinski definition) is 4. The summed E-state index contributed by atoms with van der Waals surface area (Å²) in [6.07, 6.45) is 3.88. The lowest BCUT2D eigenvalue weighted by Gasteiger charge is -2.12. The van der Waals surface area contributed by atoms with Crippen molar-refractivity contribution in [1.82, 2.24) is 5.32 Å². The van der Waals surface area contributed by atoms with Gasteiger partial charge in [0.05, 0.1) is 13.2 Å². The third-order valence-electron chi connectivity index (χ3n) is 1.67. The Balaban J connectivity index is 3.98. The molecule has 0 aliphatic carbocycles. The first-order chi connectivity index (χ1) is 7.18. The molecule has 0 aromatic carbocycles. The molecule has 0 aliphatic heterocycles. The number of hydrogen-bond donors (Lipinski definition) is 1. The lowest BCUT2D eigenvalue weighted by atomic mass is 10.3. The van der Waals surface area contributed by atoms with Gasteiger partial charge >= 0.3 is 7.60 Å². The van der Waals surface area contributed by atoms with Crippen molar-refractivity contribution >= 4 is 7.60 Å². The van der Waals surface area contributed by atoms with Gasteiger partial charge in [-0.1, -0.05) is 13.3 Å². The Morgan fingerprint density at radius 2 is 1.80 bits per heavy atom. The molecule has 90 valence electrons. The van der Waals surface area contributed by atoms with Crippen LogP contribution in [0, 0.1) is 0 Å². The van der Waals surface area contributed by atoms with E-state index >= 15 is 0 Å². The van der Waals surface area contributed by atoms with Crippen LogP contribution in [0.25, 0.3) is 0 Å². The van der Waals surface area contributed by atoms with Crippen molar-refractivity contribution in [2.24, 2.45) is 0 Å². The molecule has 0 rings (SSSR count). The topological polar surface area (TPSA) is 47.6 Å². The van der Waals surface area contributed by atoms with Crippen LogP contribution in [0.3, 0.4) is 0 Å². The smallest absolute Gasteiger partial charge is 0.355 e. The zero-order valence-corrected chi connectivity index (χ0v) is 10.8. The monoisotopic (exact) mass is 235 g/mol.